The number of benzene rings is 1. The van der Waals surface area contributed by atoms with Gasteiger partial charge in [0.1, 0.15) is 11.9 Å². The highest BCUT2D eigenvalue weighted by Crippen LogP contribution is 2.22. The molecule has 0 N–H and O–H groups in total. The van der Waals surface area contributed by atoms with E-state index in [2.05, 4.69) is 15.9 Å². The molecule has 4 nitrogen and oxygen atoms in total. The predicted octanol–water partition coefficient (Wildman–Crippen LogP) is 4.08. The van der Waals surface area contributed by atoms with Gasteiger partial charge in [-0.2, -0.15) is 0 Å². The number of likely N-dealkylation sites (tertiary alicyclic amines) is 1. The molecule has 1 aliphatic heterocycles. The monoisotopic (exact) mass is 355 g/mol. The second-order valence-electron chi connectivity index (χ2n) is 5.73. The van der Waals surface area contributed by atoms with Crippen LogP contribution >= 0.6 is 15.9 Å². The van der Waals surface area contributed by atoms with Crippen molar-refractivity contribution in [3.8, 4) is 5.75 Å². The Kier molecular flexibility index (Phi) is 5.91. The summed E-state index contributed by atoms with van der Waals surface area (Å²) in [7, 11) is 0. The lowest BCUT2D eigenvalue weighted by molar-refractivity contribution is 0.0618. The first-order valence-corrected chi connectivity index (χ1v) is 8.18. The highest BCUT2D eigenvalue weighted by Gasteiger charge is 2.25. The second kappa shape index (κ2) is 7.69. The number of hydrogen-bond donors (Lipinski definition) is 0. The Bertz CT molecular complexity index is 470. The normalized spacial score (nSPS) is 16.1. The lowest BCUT2D eigenvalue weighted by Crippen LogP contribution is -2.42. The molecule has 0 aliphatic carbocycles. The summed E-state index contributed by atoms with van der Waals surface area (Å²) in [5.41, 5.74) is 0. The van der Waals surface area contributed by atoms with E-state index in [0.29, 0.717) is 25.6 Å². The molecule has 1 aliphatic rings. The molecule has 1 heterocycles. The van der Waals surface area contributed by atoms with Crippen LogP contribution in [0.15, 0.2) is 28.7 Å². The van der Waals surface area contributed by atoms with E-state index in [1.807, 2.05) is 38.1 Å². The molecule has 0 radical (unpaired) electrons. The van der Waals surface area contributed by atoms with Crippen LogP contribution in [-0.2, 0) is 4.74 Å². The van der Waals surface area contributed by atoms with Crippen LogP contribution < -0.4 is 4.74 Å². The molecule has 1 saturated heterocycles. The first-order valence-electron chi connectivity index (χ1n) is 7.38. The summed E-state index contributed by atoms with van der Waals surface area (Å²) < 4.78 is 12.2. The number of piperidine rings is 1. The van der Waals surface area contributed by atoms with Crippen molar-refractivity contribution in [1.29, 1.82) is 0 Å². The van der Waals surface area contributed by atoms with Crippen LogP contribution in [-0.4, -0.2) is 36.8 Å². The fraction of sp³-hybridized carbons (Fsp3) is 0.562. The second-order valence-corrected chi connectivity index (χ2v) is 6.65. The number of carbonyl (C=O) groups is 1. The van der Waals surface area contributed by atoms with Crippen LogP contribution in [0.4, 0.5) is 4.79 Å². The Morgan fingerprint density at radius 2 is 2.10 bits per heavy atom. The zero-order chi connectivity index (χ0) is 15.2. The number of halogens is 1. The lowest BCUT2D eigenvalue weighted by Gasteiger charge is -2.31. The molecular weight excluding hydrogens is 334 g/mol. The van der Waals surface area contributed by atoms with Gasteiger partial charge in [0.15, 0.2) is 0 Å². The zero-order valence-electron chi connectivity index (χ0n) is 12.5. The molecule has 0 bridgehead atoms. The van der Waals surface area contributed by atoms with E-state index < -0.39 is 0 Å². The SMILES string of the molecule is CC(C)COC(=O)N1CCC(Oc2cccc(Br)c2)CC1. The van der Waals surface area contributed by atoms with Crippen molar-refractivity contribution in [3.05, 3.63) is 28.7 Å². The molecule has 1 fully saturated rings. The fourth-order valence-electron chi connectivity index (χ4n) is 2.22. The predicted molar refractivity (Wildman–Crippen MR) is 85.6 cm³/mol. The van der Waals surface area contributed by atoms with Crippen molar-refractivity contribution in [1.82, 2.24) is 4.90 Å². The third-order valence-electron chi connectivity index (χ3n) is 3.34. The first kappa shape index (κ1) is 16.1. The number of ether oxygens (including phenoxy) is 2. The Hall–Kier alpha value is -1.23. The summed E-state index contributed by atoms with van der Waals surface area (Å²) in [5.74, 6) is 1.23. The molecule has 2 rings (SSSR count). The standard InChI is InChI=1S/C16H22BrNO3/c1-12(2)11-20-16(19)18-8-6-14(7-9-18)21-15-5-3-4-13(17)10-15/h3-5,10,12,14H,6-9,11H2,1-2H3. The third-order valence-corrected chi connectivity index (χ3v) is 3.83. The van der Waals surface area contributed by atoms with Crippen LogP contribution in [0.3, 0.4) is 0 Å². The summed E-state index contributed by atoms with van der Waals surface area (Å²) in [4.78, 5) is 13.6. The number of rotatable bonds is 4. The lowest BCUT2D eigenvalue weighted by atomic mass is 10.1. The van der Waals surface area contributed by atoms with Gasteiger partial charge in [0, 0.05) is 30.4 Å². The van der Waals surface area contributed by atoms with E-state index in [0.717, 1.165) is 23.1 Å². The van der Waals surface area contributed by atoms with Gasteiger partial charge in [-0.1, -0.05) is 35.8 Å². The Labute approximate surface area is 134 Å². The quantitative estimate of drug-likeness (QED) is 0.816. The fourth-order valence-corrected chi connectivity index (χ4v) is 2.60. The number of hydrogen-bond acceptors (Lipinski definition) is 3. The van der Waals surface area contributed by atoms with Crippen LogP contribution in [0, 0.1) is 5.92 Å². The molecular formula is C16H22BrNO3. The van der Waals surface area contributed by atoms with Crippen molar-refractivity contribution in [2.24, 2.45) is 5.92 Å². The maximum atomic E-state index is 11.9. The molecule has 1 aromatic rings. The first-order chi connectivity index (χ1) is 10.0. The van der Waals surface area contributed by atoms with Crippen LogP contribution in [0.2, 0.25) is 0 Å². The number of amides is 1. The molecule has 5 heteroatoms. The van der Waals surface area contributed by atoms with Crippen molar-refractivity contribution >= 4 is 22.0 Å². The highest BCUT2D eigenvalue weighted by atomic mass is 79.9. The average Bonchev–Trinajstić information content (AvgIpc) is 2.45. The molecule has 0 unspecified atom stereocenters. The van der Waals surface area contributed by atoms with Gasteiger partial charge in [0.05, 0.1) is 6.61 Å². The summed E-state index contributed by atoms with van der Waals surface area (Å²) in [6, 6.07) is 7.84. The minimum Gasteiger partial charge on any atom is -0.490 e. The van der Waals surface area contributed by atoms with Gasteiger partial charge >= 0.3 is 6.09 Å². The molecule has 1 amide bonds. The number of nitrogens with zero attached hydrogens (tertiary/aromatic N) is 1. The smallest absolute Gasteiger partial charge is 0.409 e. The van der Waals surface area contributed by atoms with E-state index >= 15 is 0 Å². The Morgan fingerprint density at radius 3 is 2.71 bits per heavy atom. The van der Waals surface area contributed by atoms with Gasteiger partial charge in [0.2, 0.25) is 0 Å². The van der Waals surface area contributed by atoms with Gasteiger partial charge in [0.25, 0.3) is 0 Å². The minimum atomic E-state index is -0.204. The van der Waals surface area contributed by atoms with Crippen LogP contribution in [0.5, 0.6) is 5.75 Å². The molecule has 0 saturated carbocycles. The molecule has 1 aromatic carbocycles. The molecule has 21 heavy (non-hydrogen) atoms. The largest absolute Gasteiger partial charge is 0.490 e. The summed E-state index contributed by atoms with van der Waals surface area (Å²) in [6.45, 7) is 5.93. The summed E-state index contributed by atoms with van der Waals surface area (Å²) in [6.07, 6.45) is 1.63. The molecule has 0 atom stereocenters. The van der Waals surface area contributed by atoms with Gasteiger partial charge < -0.3 is 14.4 Å². The van der Waals surface area contributed by atoms with Crippen molar-refractivity contribution in [2.45, 2.75) is 32.8 Å². The van der Waals surface area contributed by atoms with Gasteiger partial charge in [-0.05, 0) is 24.1 Å². The highest BCUT2D eigenvalue weighted by molar-refractivity contribution is 9.10. The van der Waals surface area contributed by atoms with Gasteiger partial charge in [-0.25, -0.2) is 4.79 Å². The van der Waals surface area contributed by atoms with E-state index in [4.69, 9.17) is 9.47 Å². The number of carbonyl (C=O) groups excluding carboxylic acids is 1. The van der Waals surface area contributed by atoms with E-state index in [-0.39, 0.29) is 12.2 Å². The maximum absolute atomic E-state index is 11.9. The van der Waals surface area contributed by atoms with Gasteiger partial charge in [-0.15, -0.1) is 0 Å². The molecule has 116 valence electrons. The molecule has 0 spiro atoms. The maximum Gasteiger partial charge on any atom is 0.409 e. The average molecular weight is 356 g/mol. The summed E-state index contributed by atoms with van der Waals surface area (Å²) in [5, 5.41) is 0. The Morgan fingerprint density at radius 1 is 1.38 bits per heavy atom. The van der Waals surface area contributed by atoms with Crippen molar-refractivity contribution in [2.75, 3.05) is 19.7 Å². The van der Waals surface area contributed by atoms with Crippen molar-refractivity contribution in [3.63, 3.8) is 0 Å². The van der Waals surface area contributed by atoms with Gasteiger partial charge in [-0.3, -0.25) is 0 Å². The summed E-state index contributed by atoms with van der Waals surface area (Å²) >= 11 is 3.44. The van der Waals surface area contributed by atoms with E-state index in [1.165, 1.54) is 0 Å². The molecule has 0 aromatic heterocycles. The zero-order valence-corrected chi connectivity index (χ0v) is 14.1. The third kappa shape index (κ3) is 5.23. The van der Waals surface area contributed by atoms with E-state index in [9.17, 15) is 4.79 Å². The van der Waals surface area contributed by atoms with Crippen LogP contribution in [0.25, 0.3) is 0 Å². The van der Waals surface area contributed by atoms with Crippen molar-refractivity contribution < 1.29 is 14.3 Å². The minimum absolute atomic E-state index is 0.161. The van der Waals surface area contributed by atoms with Crippen LogP contribution in [0.1, 0.15) is 26.7 Å². The van der Waals surface area contributed by atoms with E-state index in [1.54, 1.807) is 4.90 Å². The Balaban J connectivity index is 1.76. The topological polar surface area (TPSA) is 38.8 Å².